The lowest BCUT2D eigenvalue weighted by Crippen LogP contribution is -2.28. The van der Waals surface area contributed by atoms with Gasteiger partial charge in [0.2, 0.25) is 0 Å². The maximum atomic E-state index is 12.5. The summed E-state index contributed by atoms with van der Waals surface area (Å²) in [7, 11) is -4.11. The molecule has 0 aliphatic carbocycles. The number of nitrogens with zero attached hydrogens (tertiary/aromatic N) is 4. The summed E-state index contributed by atoms with van der Waals surface area (Å²) in [5.74, 6) is -0.471. The SMILES string of the molecule is Cn1cc(-c2cc(OS(=O)(=O)C(F)(F)F)c3ccnn3c2)cn1. The second-order valence-corrected chi connectivity index (χ2v) is 6.18. The summed E-state index contributed by atoms with van der Waals surface area (Å²) in [6.45, 7) is 0. The van der Waals surface area contributed by atoms with Gasteiger partial charge in [-0.1, -0.05) is 0 Å². The highest BCUT2D eigenvalue weighted by Gasteiger charge is 2.48. The standard InChI is InChI=1S/C12H9F3N4O3S/c1-18-6-9(5-17-18)8-4-11(10-2-3-16-19(10)7-8)22-23(20,21)12(13,14)15/h2-7H,1H3. The van der Waals surface area contributed by atoms with Crippen molar-refractivity contribution in [1.29, 1.82) is 0 Å². The number of rotatable bonds is 3. The van der Waals surface area contributed by atoms with E-state index < -0.39 is 21.4 Å². The third-order valence-corrected chi connectivity index (χ3v) is 3.96. The molecule has 0 radical (unpaired) electrons. The van der Waals surface area contributed by atoms with Crippen LogP contribution in [0.3, 0.4) is 0 Å². The van der Waals surface area contributed by atoms with E-state index in [4.69, 9.17) is 0 Å². The van der Waals surface area contributed by atoms with Gasteiger partial charge in [0, 0.05) is 30.6 Å². The van der Waals surface area contributed by atoms with Crippen molar-refractivity contribution < 1.29 is 25.8 Å². The number of aromatic nitrogens is 4. The Morgan fingerprint density at radius 1 is 1.17 bits per heavy atom. The number of aryl methyl sites for hydroxylation is 1. The summed E-state index contributed by atoms with van der Waals surface area (Å²) in [5.41, 5.74) is -4.46. The summed E-state index contributed by atoms with van der Waals surface area (Å²) >= 11 is 0. The van der Waals surface area contributed by atoms with Gasteiger partial charge in [0.1, 0.15) is 5.52 Å². The Labute approximate surface area is 128 Å². The minimum atomic E-state index is -5.78. The molecule has 0 aliphatic heterocycles. The van der Waals surface area contributed by atoms with Crippen molar-refractivity contribution in [1.82, 2.24) is 19.4 Å². The Kier molecular flexibility index (Phi) is 3.32. The van der Waals surface area contributed by atoms with Crippen LogP contribution in [-0.2, 0) is 17.2 Å². The summed E-state index contributed by atoms with van der Waals surface area (Å²) in [4.78, 5) is 0. The molecule has 0 aromatic carbocycles. The van der Waals surface area contributed by atoms with E-state index in [1.165, 1.54) is 39.9 Å². The fourth-order valence-electron chi connectivity index (χ4n) is 1.96. The van der Waals surface area contributed by atoms with Gasteiger partial charge in [-0.3, -0.25) is 4.68 Å². The van der Waals surface area contributed by atoms with Gasteiger partial charge in [0.15, 0.2) is 5.75 Å². The average molecular weight is 346 g/mol. The van der Waals surface area contributed by atoms with Crippen LogP contribution in [-0.4, -0.2) is 33.3 Å². The fourth-order valence-corrected chi connectivity index (χ4v) is 2.42. The van der Waals surface area contributed by atoms with E-state index in [0.717, 1.165) is 0 Å². The van der Waals surface area contributed by atoms with Crippen LogP contribution in [0.15, 0.2) is 36.9 Å². The monoisotopic (exact) mass is 346 g/mol. The second kappa shape index (κ2) is 4.98. The highest BCUT2D eigenvalue weighted by atomic mass is 32.2. The summed E-state index contributed by atoms with van der Waals surface area (Å²) in [5, 5.41) is 7.85. The average Bonchev–Trinajstić information content (AvgIpc) is 3.05. The Morgan fingerprint density at radius 3 is 2.52 bits per heavy atom. The predicted octanol–water partition coefficient (Wildman–Crippen LogP) is 1.96. The molecule has 0 N–H and O–H groups in total. The lowest BCUT2D eigenvalue weighted by molar-refractivity contribution is -0.0499. The maximum Gasteiger partial charge on any atom is 0.534 e. The molecule has 11 heteroatoms. The molecule has 23 heavy (non-hydrogen) atoms. The third-order valence-electron chi connectivity index (χ3n) is 2.99. The number of halogens is 3. The topological polar surface area (TPSA) is 78.5 Å². The molecule has 0 saturated carbocycles. The largest absolute Gasteiger partial charge is 0.534 e. The summed E-state index contributed by atoms with van der Waals surface area (Å²) < 4.78 is 67.0. The quantitative estimate of drug-likeness (QED) is 0.535. The van der Waals surface area contributed by atoms with Gasteiger partial charge in [-0.15, -0.1) is 0 Å². The lowest BCUT2D eigenvalue weighted by Gasteiger charge is -2.11. The minimum absolute atomic E-state index is 0.0884. The number of pyridine rings is 1. The van der Waals surface area contributed by atoms with E-state index in [0.29, 0.717) is 11.1 Å². The molecule has 3 aromatic rings. The molecular weight excluding hydrogens is 337 g/mol. The molecule has 0 bridgehead atoms. The zero-order valence-electron chi connectivity index (χ0n) is 11.5. The van der Waals surface area contributed by atoms with E-state index in [-0.39, 0.29) is 5.52 Å². The van der Waals surface area contributed by atoms with Gasteiger partial charge in [0.25, 0.3) is 0 Å². The molecule has 0 saturated heterocycles. The zero-order chi connectivity index (χ0) is 16.8. The highest BCUT2D eigenvalue weighted by Crippen LogP contribution is 2.32. The number of fused-ring (bicyclic) bond motifs is 1. The normalized spacial score (nSPS) is 12.7. The van der Waals surface area contributed by atoms with Crippen molar-refractivity contribution in [2.24, 2.45) is 7.05 Å². The third kappa shape index (κ3) is 2.74. The Balaban J connectivity index is 2.14. The predicted molar refractivity (Wildman–Crippen MR) is 73.0 cm³/mol. The van der Waals surface area contributed by atoms with E-state index in [9.17, 15) is 21.6 Å². The molecule has 7 nitrogen and oxygen atoms in total. The van der Waals surface area contributed by atoms with Gasteiger partial charge >= 0.3 is 15.6 Å². The zero-order valence-corrected chi connectivity index (χ0v) is 12.3. The van der Waals surface area contributed by atoms with Crippen molar-refractivity contribution >= 4 is 15.6 Å². The maximum absolute atomic E-state index is 12.5. The molecule has 0 spiro atoms. The van der Waals surface area contributed by atoms with Gasteiger partial charge in [-0.2, -0.15) is 31.8 Å². The molecule has 0 atom stereocenters. The molecule has 0 amide bonds. The van der Waals surface area contributed by atoms with E-state index in [2.05, 4.69) is 14.4 Å². The lowest BCUT2D eigenvalue weighted by atomic mass is 10.1. The number of hydrogen-bond acceptors (Lipinski definition) is 5. The highest BCUT2D eigenvalue weighted by molar-refractivity contribution is 7.88. The first-order valence-corrected chi connectivity index (χ1v) is 7.55. The van der Waals surface area contributed by atoms with Gasteiger partial charge < -0.3 is 4.18 Å². The Hall–Kier alpha value is -2.56. The number of alkyl halides is 3. The van der Waals surface area contributed by atoms with Crippen LogP contribution >= 0.6 is 0 Å². The van der Waals surface area contributed by atoms with Gasteiger partial charge in [-0.25, -0.2) is 4.52 Å². The van der Waals surface area contributed by atoms with Crippen LogP contribution < -0.4 is 4.18 Å². The van der Waals surface area contributed by atoms with E-state index >= 15 is 0 Å². The van der Waals surface area contributed by atoms with Crippen molar-refractivity contribution in [3.05, 3.63) is 36.9 Å². The molecule has 0 aliphatic rings. The van der Waals surface area contributed by atoms with Crippen LogP contribution in [0.4, 0.5) is 13.2 Å². The number of hydrogen-bond donors (Lipinski definition) is 0. The van der Waals surface area contributed by atoms with Gasteiger partial charge in [-0.05, 0) is 12.1 Å². The second-order valence-electron chi connectivity index (χ2n) is 4.64. The summed E-state index contributed by atoms with van der Waals surface area (Å²) in [6.07, 6.45) is 5.94. The smallest absolute Gasteiger partial charge is 0.374 e. The van der Waals surface area contributed by atoms with Crippen LogP contribution in [0.5, 0.6) is 5.75 Å². The molecular formula is C12H9F3N4O3S. The summed E-state index contributed by atoms with van der Waals surface area (Å²) in [6, 6.07) is 2.53. The molecule has 0 fully saturated rings. The fraction of sp³-hybridized carbons (Fsp3) is 0.167. The van der Waals surface area contributed by atoms with Crippen LogP contribution in [0.25, 0.3) is 16.6 Å². The van der Waals surface area contributed by atoms with Crippen molar-refractivity contribution in [3.8, 4) is 16.9 Å². The van der Waals surface area contributed by atoms with E-state index in [1.807, 2.05) is 0 Å². The Morgan fingerprint density at radius 2 is 1.91 bits per heavy atom. The molecule has 3 rings (SSSR count). The molecule has 3 aromatic heterocycles. The van der Waals surface area contributed by atoms with E-state index in [1.54, 1.807) is 13.2 Å². The first-order chi connectivity index (χ1) is 10.7. The van der Waals surface area contributed by atoms with Gasteiger partial charge in [0.05, 0.1) is 12.4 Å². The van der Waals surface area contributed by atoms with Crippen LogP contribution in [0.2, 0.25) is 0 Å². The molecule has 122 valence electrons. The van der Waals surface area contributed by atoms with Crippen molar-refractivity contribution in [3.63, 3.8) is 0 Å². The Bertz CT molecular complexity index is 975. The first kappa shape index (κ1) is 15.3. The van der Waals surface area contributed by atoms with Crippen LogP contribution in [0.1, 0.15) is 0 Å². The molecule has 3 heterocycles. The van der Waals surface area contributed by atoms with Crippen molar-refractivity contribution in [2.75, 3.05) is 0 Å². The first-order valence-electron chi connectivity index (χ1n) is 6.14. The van der Waals surface area contributed by atoms with Crippen molar-refractivity contribution in [2.45, 2.75) is 5.51 Å². The molecule has 0 unspecified atom stereocenters. The van der Waals surface area contributed by atoms with Crippen LogP contribution in [0, 0.1) is 0 Å². The minimum Gasteiger partial charge on any atom is -0.374 e.